The maximum absolute atomic E-state index is 6.54. The third-order valence-electron chi connectivity index (χ3n) is 5.14. The van der Waals surface area contributed by atoms with Crippen molar-refractivity contribution in [1.29, 1.82) is 0 Å². The predicted molar refractivity (Wildman–Crippen MR) is 110 cm³/mol. The number of fused-ring (bicyclic) bond motifs is 3. The lowest BCUT2D eigenvalue weighted by Gasteiger charge is -2.38. The molecule has 4 heteroatoms. The van der Waals surface area contributed by atoms with E-state index in [0.717, 1.165) is 29.0 Å². The van der Waals surface area contributed by atoms with E-state index in [1.807, 2.05) is 31.2 Å². The highest BCUT2D eigenvalue weighted by molar-refractivity contribution is 6.36. The lowest BCUT2D eigenvalue weighted by molar-refractivity contribution is 0.348. The number of hydrogen-bond donors (Lipinski definition) is 1. The molecule has 1 N–H and O–H groups in total. The van der Waals surface area contributed by atoms with E-state index in [2.05, 4.69) is 36.2 Å². The molecule has 2 nitrogen and oxygen atoms in total. The molecule has 0 fully saturated rings. The highest BCUT2D eigenvalue weighted by atomic mass is 35.5. The van der Waals surface area contributed by atoms with Crippen LogP contribution in [0.1, 0.15) is 36.4 Å². The van der Waals surface area contributed by atoms with Crippen molar-refractivity contribution < 1.29 is 4.74 Å². The average Bonchev–Trinajstić information content (AvgIpc) is 3.10. The second-order valence-corrected chi connectivity index (χ2v) is 7.89. The van der Waals surface area contributed by atoms with Crippen LogP contribution >= 0.6 is 23.2 Å². The van der Waals surface area contributed by atoms with Crippen molar-refractivity contribution in [2.75, 3.05) is 11.9 Å². The number of anilines is 1. The third kappa shape index (κ3) is 3.02. The van der Waals surface area contributed by atoms with E-state index in [0.29, 0.717) is 28.5 Å². The summed E-state index contributed by atoms with van der Waals surface area (Å²) in [5.74, 6) is 1.56. The Kier molecular flexibility index (Phi) is 4.73. The molecule has 26 heavy (non-hydrogen) atoms. The van der Waals surface area contributed by atoms with Gasteiger partial charge in [-0.15, -0.1) is 0 Å². The van der Waals surface area contributed by atoms with Gasteiger partial charge >= 0.3 is 0 Å². The number of hydrogen-bond acceptors (Lipinski definition) is 2. The summed E-state index contributed by atoms with van der Waals surface area (Å²) in [5.41, 5.74) is 4.25. The second-order valence-electron chi connectivity index (χ2n) is 7.08. The summed E-state index contributed by atoms with van der Waals surface area (Å²) < 4.78 is 6.01. The van der Waals surface area contributed by atoms with Crippen molar-refractivity contribution >= 4 is 28.9 Å². The number of ether oxygens (including phenoxy) is 1. The molecule has 4 rings (SSSR count). The van der Waals surface area contributed by atoms with Crippen LogP contribution in [0, 0.1) is 5.92 Å². The Balaban J connectivity index is 1.79. The van der Waals surface area contributed by atoms with Crippen LogP contribution in [0.25, 0.3) is 0 Å². The Morgan fingerprint density at radius 3 is 2.65 bits per heavy atom. The fraction of sp³-hybridized carbons (Fsp3) is 0.273. The molecule has 134 valence electrons. The Hall–Kier alpha value is -1.90. The Morgan fingerprint density at radius 2 is 1.92 bits per heavy atom. The standard InChI is InChI=1S/C22H21Cl2NO/c1-13(2)12-26-19-11-4-8-15-14-6-3-7-16(14)22(25-21(15)19)20-17(23)9-5-10-18(20)24/h3-6,8-11,14,16,22,25H,1,7,12H2,2H3. The van der Waals surface area contributed by atoms with Gasteiger partial charge < -0.3 is 10.1 Å². The van der Waals surface area contributed by atoms with Gasteiger partial charge in [0.2, 0.25) is 0 Å². The molecule has 1 aliphatic carbocycles. The minimum absolute atomic E-state index is 0.0401. The van der Waals surface area contributed by atoms with Crippen LogP contribution in [-0.2, 0) is 0 Å². The van der Waals surface area contributed by atoms with Crippen LogP contribution in [-0.4, -0.2) is 6.61 Å². The Bertz CT molecular complexity index is 869. The Morgan fingerprint density at radius 1 is 1.19 bits per heavy atom. The van der Waals surface area contributed by atoms with Crippen LogP contribution < -0.4 is 10.1 Å². The number of halogens is 2. The van der Waals surface area contributed by atoms with E-state index >= 15 is 0 Å². The minimum Gasteiger partial charge on any atom is -0.487 e. The molecular weight excluding hydrogens is 365 g/mol. The van der Waals surface area contributed by atoms with Crippen molar-refractivity contribution in [2.45, 2.75) is 25.3 Å². The summed E-state index contributed by atoms with van der Waals surface area (Å²) in [6.07, 6.45) is 5.55. The van der Waals surface area contributed by atoms with Gasteiger partial charge in [-0.2, -0.15) is 0 Å². The smallest absolute Gasteiger partial charge is 0.143 e. The van der Waals surface area contributed by atoms with Gasteiger partial charge in [0.05, 0.1) is 11.7 Å². The lowest BCUT2D eigenvalue weighted by atomic mass is 9.77. The quantitative estimate of drug-likeness (QED) is 0.585. The summed E-state index contributed by atoms with van der Waals surface area (Å²) in [7, 11) is 0. The molecule has 0 saturated heterocycles. The first-order chi connectivity index (χ1) is 12.6. The van der Waals surface area contributed by atoms with Crippen LogP contribution in [0.15, 0.2) is 60.7 Å². The SMILES string of the molecule is C=C(C)COc1cccc2c1NC(c1c(Cl)cccc1Cl)C1CC=CC21. The monoisotopic (exact) mass is 385 g/mol. The third-order valence-corrected chi connectivity index (χ3v) is 5.80. The van der Waals surface area contributed by atoms with Crippen LogP contribution in [0.4, 0.5) is 5.69 Å². The van der Waals surface area contributed by atoms with E-state index < -0.39 is 0 Å². The number of para-hydroxylation sites is 1. The van der Waals surface area contributed by atoms with Gasteiger partial charge in [0, 0.05) is 21.5 Å². The van der Waals surface area contributed by atoms with Gasteiger partial charge in [0.25, 0.3) is 0 Å². The summed E-state index contributed by atoms with van der Waals surface area (Å²) >= 11 is 13.1. The molecule has 2 aromatic rings. The summed E-state index contributed by atoms with van der Waals surface area (Å²) in [5, 5.41) is 5.09. The molecule has 0 amide bonds. The van der Waals surface area contributed by atoms with Crippen LogP contribution in [0.5, 0.6) is 5.75 Å². The zero-order valence-corrected chi connectivity index (χ0v) is 16.1. The minimum atomic E-state index is 0.0401. The molecule has 0 saturated carbocycles. The fourth-order valence-corrected chi connectivity index (χ4v) is 4.64. The van der Waals surface area contributed by atoms with Gasteiger partial charge in [0.15, 0.2) is 0 Å². The molecule has 3 atom stereocenters. The number of nitrogens with one attached hydrogen (secondary N) is 1. The highest BCUT2D eigenvalue weighted by Crippen LogP contribution is 2.53. The molecule has 2 aliphatic rings. The maximum Gasteiger partial charge on any atom is 0.143 e. The first-order valence-corrected chi connectivity index (χ1v) is 9.59. The van der Waals surface area contributed by atoms with Gasteiger partial charge in [-0.05, 0) is 48.6 Å². The molecule has 0 radical (unpaired) electrons. The number of benzene rings is 2. The number of allylic oxidation sites excluding steroid dienone is 2. The second kappa shape index (κ2) is 7.02. The van der Waals surface area contributed by atoms with Crippen molar-refractivity contribution in [1.82, 2.24) is 0 Å². The van der Waals surface area contributed by atoms with E-state index in [9.17, 15) is 0 Å². The summed E-state index contributed by atoms with van der Waals surface area (Å²) in [4.78, 5) is 0. The average molecular weight is 386 g/mol. The predicted octanol–water partition coefficient (Wildman–Crippen LogP) is 6.77. The molecule has 1 aliphatic heterocycles. The zero-order chi connectivity index (χ0) is 18.3. The first-order valence-electron chi connectivity index (χ1n) is 8.83. The van der Waals surface area contributed by atoms with Crippen LogP contribution in [0.3, 0.4) is 0 Å². The van der Waals surface area contributed by atoms with E-state index in [1.165, 1.54) is 5.56 Å². The van der Waals surface area contributed by atoms with Gasteiger partial charge in [-0.3, -0.25) is 0 Å². The van der Waals surface area contributed by atoms with E-state index in [-0.39, 0.29) is 6.04 Å². The van der Waals surface area contributed by atoms with E-state index in [4.69, 9.17) is 27.9 Å². The maximum atomic E-state index is 6.54. The van der Waals surface area contributed by atoms with Crippen molar-refractivity contribution in [2.24, 2.45) is 5.92 Å². The number of rotatable bonds is 4. The molecule has 3 unspecified atom stereocenters. The molecule has 0 aromatic heterocycles. The van der Waals surface area contributed by atoms with Crippen molar-refractivity contribution in [3.8, 4) is 5.75 Å². The highest BCUT2D eigenvalue weighted by Gasteiger charge is 2.40. The zero-order valence-electron chi connectivity index (χ0n) is 14.6. The summed E-state index contributed by atoms with van der Waals surface area (Å²) in [6.45, 7) is 6.39. The van der Waals surface area contributed by atoms with Crippen molar-refractivity contribution in [3.63, 3.8) is 0 Å². The molecular formula is C22H21Cl2NO. The largest absolute Gasteiger partial charge is 0.487 e. The lowest BCUT2D eigenvalue weighted by Crippen LogP contribution is -2.30. The molecule has 2 aromatic carbocycles. The topological polar surface area (TPSA) is 21.3 Å². The molecule has 0 bridgehead atoms. The fourth-order valence-electron chi connectivity index (χ4n) is 4.01. The Labute approximate surface area is 164 Å². The van der Waals surface area contributed by atoms with E-state index in [1.54, 1.807) is 0 Å². The van der Waals surface area contributed by atoms with Gasteiger partial charge in [0.1, 0.15) is 12.4 Å². The molecule has 1 heterocycles. The van der Waals surface area contributed by atoms with Gasteiger partial charge in [-0.25, -0.2) is 0 Å². The van der Waals surface area contributed by atoms with Crippen molar-refractivity contribution in [3.05, 3.63) is 81.9 Å². The first kappa shape index (κ1) is 17.5. The summed E-state index contributed by atoms with van der Waals surface area (Å²) in [6, 6.07) is 12.0. The molecule has 0 spiro atoms. The normalized spacial score (nSPS) is 23.1. The van der Waals surface area contributed by atoms with Crippen LogP contribution in [0.2, 0.25) is 10.0 Å². The van der Waals surface area contributed by atoms with Gasteiger partial charge in [-0.1, -0.05) is 60.1 Å².